The van der Waals surface area contributed by atoms with E-state index < -0.39 is 5.91 Å². The highest BCUT2D eigenvalue weighted by Gasteiger charge is 2.07. The summed E-state index contributed by atoms with van der Waals surface area (Å²) in [5, 5.41) is 4.80. The van der Waals surface area contributed by atoms with Gasteiger partial charge in [-0.05, 0) is 55.5 Å². The van der Waals surface area contributed by atoms with Gasteiger partial charge in [-0.3, -0.25) is 4.79 Å². The van der Waals surface area contributed by atoms with Gasteiger partial charge in [-0.2, -0.15) is 5.10 Å². The Balaban J connectivity index is 1.56. The number of halogens is 2. The number of methoxy groups -OCH3 is 1. The fourth-order valence-corrected chi connectivity index (χ4v) is 3.10. The second-order valence-corrected chi connectivity index (χ2v) is 6.98. The van der Waals surface area contributed by atoms with Crippen molar-refractivity contribution in [3.8, 4) is 17.2 Å². The first kappa shape index (κ1) is 20.8. The predicted molar refractivity (Wildman–Crippen MR) is 115 cm³/mol. The van der Waals surface area contributed by atoms with Gasteiger partial charge in [-0.15, -0.1) is 0 Å². The minimum Gasteiger partial charge on any atom is -0.497 e. The molecule has 0 radical (unpaired) electrons. The van der Waals surface area contributed by atoms with Gasteiger partial charge in [0.1, 0.15) is 11.5 Å². The molecule has 0 aliphatic carbocycles. The highest BCUT2D eigenvalue weighted by atomic mass is 35.5. The van der Waals surface area contributed by atoms with E-state index in [1.54, 1.807) is 31.5 Å². The Kier molecular flexibility index (Phi) is 6.80. The average Bonchev–Trinajstić information content (AvgIpc) is 3.08. The van der Waals surface area contributed by atoms with Gasteiger partial charge in [0, 0.05) is 28.2 Å². The standard InChI is InChI=1S/C21H19Cl2N3O3/c1-14-9-15(12-26(14)17-4-6-18(28-2)7-5-17)11-24-25-21(27)13-29-20-8-3-16(22)10-19(20)23/h3-12H,13H2,1-2H3,(H,25,27)/b24-11+. The molecule has 1 amide bonds. The molecule has 29 heavy (non-hydrogen) atoms. The summed E-state index contributed by atoms with van der Waals surface area (Å²) in [4.78, 5) is 11.9. The van der Waals surface area contributed by atoms with Crippen molar-refractivity contribution >= 4 is 35.3 Å². The first-order valence-corrected chi connectivity index (χ1v) is 9.45. The molecule has 1 heterocycles. The van der Waals surface area contributed by atoms with E-state index in [4.69, 9.17) is 32.7 Å². The summed E-state index contributed by atoms with van der Waals surface area (Å²) in [5.41, 5.74) is 5.31. The number of aryl methyl sites for hydroxylation is 1. The lowest BCUT2D eigenvalue weighted by atomic mass is 10.3. The summed E-state index contributed by atoms with van der Waals surface area (Å²) < 4.78 is 12.6. The largest absolute Gasteiger partial charge is 0.497 e. The highest BCUT2D eigenvalue weighted by Crippen LogP contribution is 2.27. The summed E-state index contributed by atoms with van der Waals surface area (Å²) in [6.45, 7) is 1.77. The number of hydrogen-bond acceptors (Lipinski definition) is 4. The average molecular weight is 432 g/mol. The SMILES string of the molecule is COc1ccc(-n2cc(/C=N/NC(=O)COc3ccc(Cl)cc3Cl)cc2C)cc1. The lowest BCUT2D eigenvalue weighted by Gasteiger charge is -2.07. The van der Waals surface area contributed by atoms with Crippen molar-refractivity contribution in [3.05, 3.63) is 76.0 Å². The van der Waals surface area contributed by atoms with Crippen LogP contribution in [0.2, 0.25) is 10.0 Å². The van der Waals surface area contributed by atoms with Crippen LogP contribution in [0.5, 0.6) is 11.5 Å². The lowest BCUT2D eigenvalue weighted by molar-refractivity contribution is -0.123. The van der Waals surface area contributed by atoms with E-state index in [0.717, 1.165) is 22.7 Å². The van der Waals surface area contributed by atoms with Crippen LogP contribution in [0.15, 0.2) is 59.8 Å². The Morgan fingerprint density at radius 1 is 1.17 bits per heavy atom. The van der Waals surface area contributed by atoms with Crippen LogP contribution in [-0.2, 0) is 4.79 Å². The maximum Gasteiger partial charge on any atom is 0.277 e. The number of hydrogen-bond donors (Lipinski definition) is 1. The summed E-state index contributed by atoms with van der Waals surface area (Å²) in [6, 6.07) is 14.5. The molecule has 1 aromatic heterocycles. The molecule has 150 valence electrons. The molecule has 0 fully saturated rings. The molecular weight excluding hydrogens is 413 g/mol. The first-order valence-electron chi connectivity index (χ1n) is 8.69. The van der Waals surface area contributed by atoms with E-state index in [0.29, 0.717) is 15.8 Å². The Morgan fingerprint density at radius 3 is 2.62 bits per heavy atom. The molecule has 6 nitrogen and oxygen atoms in total. The van der Waals surface area contributed by atoms with Crippen LogP contribution in [0, 0.1) is 6.92 Å². The van der Waals surface area contributed by atoms with Crippen molar-refractivity contribution in [1.82, 2.24) is 9.99 Å². The van der Waals surface area contributed by atoms with E-state index in [1.165, 1.54) is 0 Å². The van der Waals surface area contributed by atoms with E-state index in [1.807, 2.05) is 48.0 Å². The maximum atomic E-state index is 11.9. The normalized spacial score (nSPS) is 10.9. The fourth-order valence-electron chi connectivity index (χ4n) is 2.64. The Morgan fingerprint density at radius 2 is 1.93 bits per heavy atom. The topological polar surface area (TPSA) is 64.8 Å². The molecule has 0 saturated carbocycles. The molecule has 1 N–H and O–H groups in total. The van der Waals surface area contributed by atoms with Crippen LogP contribution in [0.1, 0.15) is 11.3 Å². The zero-order valence-electron chi connectivity index (χ0n) is 15.9. The Bertz CT molecular complexity index is 1030. The van der Waals surface area contributed by atoms with Gasteiger partial charge in [-0.1, -0.05) is 23.2 Å². The monoisotopic (exact) mass is 431 g/mol. The molecule has 0 unspecified atom stereocenters. The number of ether oxygens (including phenoxy) is 2. The zero-order valence-corrected chi connectivity index (χ0v) is 17.4. The minimum absolute atomic E-state index is 0.218. The van der Waals surface area contributed by atoms with Gasteiger partial charge in [-0.25, -0.2) is 5.43 Å². The Hall–Kier alpha value is -2.96. The summed E-state index contributed by atoms with van der Waals surface area (Å²) in [6.07, 6.45) is 3.50. The van der Waals surface area contributed by atoms with Crippen LogP contribution in [-0.4, -0.2) is 30.4 Å². The first-order chi connectivity index (χ1) is 14.0. The third-order valence-corrected chi connectivity index (χ3v) is 4.57. The van der Waals surface area contributed by atoms with Crippen molar-refractivity contribution in [2.45, 2.75) is 6.92 Å². The number of carbonyl (C=O) groups excluding carboxylic acids is 1. The number of aromatic nitrogens is 1. The van der Waals surface area contributed by atoms with Gasteiger partial charge >= 0.3 is 0 Å². The van der Waals surface area contributed by atoms with E-state index in [-0.39, 0.29) is 6.61 Å². The summed E-state index contributed by atoms with van der Waals surface area (Å²) in [5.74, 6) is 0.770. The quantitative estimate of drug-likeness (QED) is 0.438. The van der Waals surface area contributed by atoms with Crippen molar-refractivity contribution in [3.63, 3.8) is 0 Å². The van der Waals surface area contributed by atoms with E-state index >= 15 is 0 Å². The van der Waals surface area contributed by atoms with E-state index in [9.17, 15) is 4.79 Å². The molecule has 0 spiro atoms. The lowest BCUT2D eigenvalue weighted by Crippen LogP contribution is -2.24. The fraction of sp³-hybridized carbons (Fsp3) is 0.143. The summed E-state index contributed by atoms with van der Waals surface area (Å²) in [7, 11) is 1.63. The zero-order chi connectivity index (χ0) is 20.8. The number of amides is 1. The second kappa shape index (κ2) is 9.49. The van der Waals surface area contributed by atoms with Crippen molar-refractivity contribution in [2.24, 2.45) is 5.10 Å². The molecule has 3 rings (SSSR count). The van der Waals surface area contributed by atoms with Crippen LogP contribution in [0.4, 0.5) is 0 Å². The molecule has 0 aliphatic rings. The van der Waals surface area contributed by atoms with Crippen molar-refractivity contribution in [1.29, 1.82) is 0 Å². The van der Waals surface area contributed by atoms with E-state index in [2.05, 4.69) is 10.5 Å². The molecule has 8 heteroatoms. The van der Waals surface area contributed by atoms with Crippen molar-refractivity contribution in [2.75, 3.05) is 13.7 Å². The van der Waals surface area contributed by atoms with Crippen LogP contribution < -0.4 is 14.9 Å². The predicted octanol–water partition coefficient (Wildman–Crippen LogP) is 4.63. The molecule has 0 atom stereocenters. The molecule has 0 bridgehead atoms. The molecule has 0 aliphatic heterocycles. The van der Waals surface area contributed by atoms with Gasteiger partial charge in [0.2, 0.25) is 0 Å². The third kappa shape index (κ3) is 5.53. The number of carbonyl (C=O) groups is 1. The van der Waals surface area contributed by atoms with Gasteiger partial charge in [0.05, 0.1) is 18.3 Å². The smallest absolute Gasteiger partial charge is 0.277 e. The maximum absolute atomic E-state index is 11.9. The van der Waals surface area contributed by atoms with Gasteiger partial charge < -0.3 is 14.0 Å². The molecule has 2 aromatic carbocycles. The number of hydrazone groups is 1. The number of nitrogens with zero attached hydrogens (tertiary/aromatic N) is 2. The molecule has 3 aromatic rings. The van der Waals surface area contributed by atoms with Crippen LogP contribution in [0.3, 0.4) is 0 Å². The van der Waals surface area contributed by atoms with Gasteiger partial charge in [0.25, 0.3) is 5.91 Å². The highest BCUT2D eigenvalue weighted by molar-refractivity contribution is 6.35. The van der Waals surface area contributed by atoms with Gasteiger partial charge in [0.15, 0.2) is 6.61 Å². The second-order valence-electron chi connectivity index (χ2n) is 6.14. The van der Waals surface area contributed by atoms with Crippen LogP contribution in [0.25, 0.3) is 5.69 Å². The third-order valence-electron chi connectivity index (χ3n) is 4.04. The number of benzene rings is 2. The molecular formula is C21H19Cl2N3O3. The Labute approximate surface area is 178 Å². The van der Waals surface area contributed by atoms with Crippen molar-refractivity contribution < 1.29 is 14.3 Å². The molecule has 0 saturated heterocycles. The minimum atomic E-state index is -0.404. The number of nitrogens with one attached hydrogen (secondary N) is 1. The summed E-state index contributed by atoms with van der Waals surface area (Å²) >= 11 is 11.8. The van der Waals surface area contributed by atoms with Crippen LogP contribution >= 0.6 is 23.2 Å². The number of rotatable bonds is 7.